The van der Waals surface area contributed by atoms with E-state index in [0.717, 1.165) is 12.5 Å². The molecule has 1 amide bonds. The zero-order chi connectivity index (χ0) is 14.1. The zero-order valence-corrected chi connectivity index (χ0v) is 11.2. The number of halogens is 3. The number of para-hydroxylation sites is 1. The summed E-state index contributed by atoms with van der Waals surface area (Å²) in [5, 5.41) is 3.22. The monoisotopic (exact) mass is 287 g/mol. The van der Waals surface area contributed by atoms with E-state index in [9.17, 15) is 13.6 Å². The van der Waals surface area contributed by atoms with Gasteiger partial charge < -0.3 is 5.32 Å². The molecule has 0 spiro atoms. The number of carbonyl (C=O) groups excluding carboxylic acids is 1. The molecule has 0 aliphatic heterocycles. The normalized spacial score (nSPS) is 10.1. The molecule has 0 aliphatic carbocycles. The predicted molar refractivity (Wildman–Crippen MR) is 73.5 cm³/mol. The first kappa shape index (κ1) is 15.6. The van der Waals surface area contributed by atoms with Gasteiger partial charge in [0.2, 0.25) is 5.91 Å². The van der Waals surface area contributed by atoms with E-state index in [2.05, 4.69) is 5.32 Å². The van der Waals surface area contributed by atoms with Crippen LogP contribution < -0.4 is 5.32 Å². The Bertz CT molecular complexity index is 445. The molecule has 0 fully saturated rings. The molecule has 19 heavy (non-hydrogen) atoms. The largest absolute Gasteiger partial charge is 0.325 e. The van der Waals surface area contributed by atoms with Crippen molar-refractivity contribution >= 4 is 23.2 Å². The molecule has 0 saturated heterocycles. The molecule has 0 radical (unpaired) electrons. The Morgan fingerprint density at radius 3 is 2.63 bits per heavy atom. The lowest BCUT2D eigenvalue weighted by atomic mass is 10.1. The molecule has 5 heteroatoms. The van der Waals surface area contributed by atoms with Crippen LogP contribution in [0.4, 0.5) is 14.5 Å². The van der Waals surface area contributed by atoms with Gasteiger partial charge in [0.25, 0.3) is 6.08 Å². The molecule has 0 bridgehead atoms. The number of unbranched alkanes of at least 4 members (excludes halogenated alkanes) is 3. The number of allylic oxidation sites excluding steroid dienone is 1. The van der Waals surface area contributed by atoms with Gasteiger partial charge in [-0.25, -0.2) is 0 Å². The van der Waals surface area contributed by atoms with Crippen LogP contribution in [0.3, 0.4) is 0 Å². The summed E-state index contributed by atoms with van der Waals surface area (Å²) in [5.41, 5.74) is 0.594. The zero-order valence-electron chi connectivity index (χ0n) is 10.5. The molecule has 0 saturated carbocycles. The molecule has 0 aromatic heterocycles. The number of benzene rings is 1. The number of amides is 1. The van der Waals surface area contributed by atoms with Crippen molar-refractivity contribution < 1.29 is 13.6 Å². The van der Waals surface area contributed by atoms with E-state index >= 15 is 0 Å². The molecule has 0 heterocycles. The van der Waals surface area contributed by atoms with E-state index in [1.165, 1.54) is 0 Å². The van der Waals surface area contributed by atoms with Crippen molar-refractivity contribution in [3.8, 4) is 0 Å². The summed E-state index contributed by atoms with van der Waals surface area (Å²) in [7, 11) is 0. The lowest BCUT2D eigenvalue weighted by Gasteiger charge is -2.06. The Labute approximate surface area is 116 Å². The summed E-state index contributed by atoms with van der Waals surface area (Å²) in [6.45, 7) is 0. The lowest BCUT2D eigenvalue weighted by molar-refractivity contribution is -0.116. The van der Waals surface area contributed by atoms with Crippen LogP contribution in [-0.4, -0.2) is 5.91 Å². The van der Waals surface area contributed by atoms with E-state index < -0.39 is 6.08 Å². The molecule has 2 nitrogen and oxygen atoms in total. The maximum atomic E-state index is 11.7. The van der Waals surface area contributed by atoms with Crippen molar-refractivity contribution in [1.82, 2.24) is 0 Å². The van der Waals surface area contributed by atoms with E-state index in [0.29, 0.717) is 36.4 Å². The van der Waals surface area contributed by atoms with E-state index in [4.69, 9.17) is 11.6 Å². The Hall–Kier alpha value is -1.42. The average Bonchev–Trinajstić information content (AvgIpc) is 2.36. The second-order valence-corrected chi connectivity index (χ2v) is 4.53. The van der Waals surface area contributed by atoms with Crippen molar-refractivity contribution in [1.29, 1.82) is 0 Å². The third-order valence-electron chi connectivity index (χ3n) is 2.55. The van der Waals surface area contributed by atoms with E-state index in [-0.39, 0.29) is 5.91 Å². The maximum absolute atomic E-state index is 11.7. The highest BCUT2D eigenvalue weighted by Crippen LogP contribution is 2.20. The molecule has 0 atom stereocenters. The smallest absolute Gasteiger partial charge is 0.266 e. The lowest BCUT2D eigenvalue weighted by Crippen LogP contribution is -2.11. The molecule has 0 unspecified atom stereocenters. The van der Waals surface area contributed by atoms with Crippen LogP contribution >= 0.6 is 11.6 Å². The molecular weight excluding hydrogens is 272 g/mol. The first-order valence-electron chi connectivity index (χ1n) is 6.15. The quantitative estimate of drug-likeness (QED) is 0.702. The molecule has 1 aromatic rings. The summed E-state index contributed by atoms with van der Waals surface area (Å²) in [6.07, 6.45) is 2.08. The molecular formula is C14H16ClF2NO. The molecule has 1 rings (SSSR count). The van der Waals surface area contributed by atoms with Gasteiger partial charge in [-0.2, -0.15) is 8.78 Å². The van der Waals surface area contributed by atoms with Gasteiger partial charge >= 0.3 is 0 Å². The van der Waals surface area contributed by atoms with Crippen LogP contribution in [0.15, 0.2) is 36.4 Å². The van der Waals surface area contributed by atoms with Crippen molar-refractivity contribution in [2.45, 2.75) is 32.1 Å². The van der Waals surface area contributed by atoms with Gasteiger partial charge in [0.05, 0.1) is 10.7 Å². The Balaban J connectivity index is 2.19. The van der Waals surface area contributed by atoms with Crippen molar-refractivity contribution in [3.63, 3.8) is 0 Å². The topological polar surface area (TPSA) is 29.1 Å². The second kappa shape index (κ2) is 8.64. The van der Waals surface area contributed by atoms with Gasteiger partial charge in [-0.15, -0.1) is 0 Å². The molecule has 104 valence electrons. The van der Waals surface area contributed by atoms with Crippen LogP contribution in [0, 0.1) is 0 Å². The average molecular weight is 288 g/mol. The standard InChI is InChI=1S/C14H16ClF2NO/c15-11-7-5-6-8-12(11)18-14(19)10-4-2-1-3-9-13(16)17/h5-9H,1-4,10H2,(H,18,19). The summed E-state index contributed by atoms with van der Waals surface area (Å²) in [5.74, 6) is -0.111. The first-order chi connectivity index (χ1) is 9.09. The highest BCUT2D eigenvalue weighted by molar-refractivity contribution is 6.33. The fourth-order valence-electron chi connectivity index (χ4n) is 1.59. The number of rotatable bonds is 7. The van der Waals surface area contributed by atoms with Gasteiger partial charge in [0, 0.05) is 6.42 Å². The van der Waals surface area contributed by atoms with Crippen LogP contribution in [0.1, 0.15) is 32.1 Å². The van der Waals surface area contributed by atoms with E-state index in [1.807, 2.05) is 0 Å². The predicted octanol–water partition coefficient (Wildman–Crippen LogP) is 5.01. The Kier molecular flexibility index (Phi) is 7.11. The van der Waals surface area contributed by atoms with Crippen LogP contribution in [0.25, 0.3) is 0 Å². The summed E-state index contributed by atoms with van der Waals surface area (Å²) in [6, 6.07) is 7.01. The SMILES string of the molecule is O=C(CCCCCC=C(F)F)Nc1ccccc1Cl. The first-order valence-corrected chi connectivity index (χ1v) is 6.53. The minimum atomic E-state index is -1.64. The highest BCUT2D eigenvalue weighted by Gasteiger charge is 2.04. The second-order valence-electron chi connectivity index (χ2n) is 4.12. The number of nitrogens with one attached hydrogen (secondary N) is 1. The van der Waals surface area contributed by atoms with E-state index in [1.54, 1.807) is 24.3 Å². The molecule has 1 N–H and O–H groups in total. The van der Waals surface area contributed by atoms with Crippen molar-refractivity contribution in [3.05, 3.63) is 41.4 Å². The molecule has 1 aromatic carbocycles. The number of hydrogen-bond donors (Lipinski definition) is 1. The maximum Gasteiger partial charge on any atom is 0.266 e. The van der Waals surface area contributed by atoms with Crippen molar-refractivity contribution in [2.75, 3.05) is 5.32 Å². The number of hydrogen-bond acceptors (Lipinski definition) is 1. The Morgan fingerprint density at radius 2 is 1.95 bits per heavy atom. The van der Waals surface area contributed by atoms with Gasteiger partial charge in [0.15, 0.2) is 0 Å². The van der Waals surface area contributed by atoms with Crippen LogP contribution in [-0.2, 0) is 4.79 Å². The third kappa shape index (κ3) is 6.91. The minimum Gasteiger partial charge on any atom is -0.325 e. The number of carbonyl (C=O) groups is 1. The van der Waals surface area contributed by atoms with Gasteiger partial charge in [-0.3, -0.25) is 4.79 Å². The fraction of sp³-hybridized carbons (Fsp3) is 0.357. The van der Waals surface area contributed by atoms with Crippen molar-refractivity contribution in [2.24, 2.45) is 0 Å². The summed E-state index contributed by atoms with van der Waals surface area (Å²) < 4.78 is 23.5. The fourth-order valence-corrected chi connectivity index (χ4v) is 1.78. The van der Waals surface area contributed by atoms with Crippen LogP contribution in [0.5, 0.6) is 0 Å². The summed E-state index contributed by atoms with van der Waals surface area (Å²) in [4.78, 5) is 11.6. The highest BCUT2D eigenvalue weighted by atomic mass is 35.5. The minimum absolute atomic E-state index is 0.111. The number of anilines is 1. The third-order valence-corrected chi connectivity index (χ3v) is 2.88. The van der Waals surface area contributed by atoms with Gasteiger partial charge in [-0.1, -0.05) is 30.2 Å². The van der Waals surface area contributed by atoms with Gasteiger partial charge in [0.1, 0.15) is 0 Å². The van der Waals surface area contributed by atoms with Gasteiger partial charge in [-0.05, 0) is 37.5 Å². The molecule has 0 aliphatic rings. The van der Waals surface area contributed by atoms with Crippen LogP contribution in [0.2, 0.25) is 5.02 Å². The Morgan fingerprint density at radius 1 is 1.21 bits per heavy atom. The summed E-state index contributed by atoms with van der Waals surface area (Å²) >= 11 is 5.91.